The number of aromatic amines is 1. The molecule has 2 N–H and O–H groups in total. The fourth-order valence-electron chi connectivity index (χ4n) is 1.71. The predicted molar refractivity (Wildman–Crippen MR) is 60.6 cm³/mol. The van der Waals surface area contributed by atoms with Crippen LogP contribution in [0.15, 0.2) is 24.4 Å². The van der Waals surface area contributed by atoms with Crippen LogP contribution >= 0.6 is 0 Å². The number of nitrogens with one attached hydrogen (secondary N) is 1. The summed E-state index contributed by atoms with van der Waals surface area (Å²) in [6, 6.07) is 2.94. The Balaban J connectivity index is 2.51. The summed E-state index contributed by atoms with van der Waals surface area (Å²) in [6.07, 6.45) is 5.16. The molecule has 1 heterocycles. The van der Waals surface area contributed by atoms with Gasteiger partial charge in [-0.2, -0.15) is 0 Å². The van der Waals surface area contributed by atoms with Gasteiger partial charge in [0.2, 0.25) is 0 Å². The third kappa shape index (κ3) is 1.98. The molecule has 1 aromatic heterocycles. The number of aromatic nitrogens is 1. The Morgan fingerprint density at radius 3 is 3.06 bits per heavy atom. The quantitative estimate of drug-likeness (QED) is 0.617. The maximum Gasteiger partial charge on any atom is 0.124 e. The van der Waals surface area contributed by atoms with Crippen molar-refractivity contribution in [3.63, 3.8) is 0 Å². The van der Waals surface area contributed by atoms with E-state index in [4.69, 9.17) is 5.26 Å². The number of H-pyrrole nitrogens is 1. The summed E-state index contributed by atoms with van der Waals surface area (Å²) in [5.74, 6) is -0.278. The Kier molecular flexibility index (Phi) is 3.03. The molecule has 0 bridgehead atoms. The second-order valence-corrected chi connectivity index (χ2v) is 3.59. The molecule has 0 fully saturated rings. The van der Waals surface area contributed by atoms with Crippen molar-refractivity contribution in [3.8, 4) is 0 Å². The fraction of sp³-hybridized carbons (Fsp3) is 0.167. The van der Waals surface area contributed by atoms with E-state index in [0.717, 1.165) is 22.0 Å². The van der Waals surface area contributed by atoms with Crippen molar-refractivity contribution in [1.82, 2.24) is 4.98 Å². The van der Waals surface area contributed by atoms with Crippen molar-refractivity contribution in [2.75, 3.05) is 6.61 Å². The summed E-state index contributed by atoms with van der Waals surface area (Å²) in [7, 11) is 0. The molecule has 16 heavy (non-hydrogen) atoms. The topological polar surface area (TPSA) is 45.2 Å². The van der Waals surface area contributed by atoms with E-state index in [1.165, 1.54) is 12.1 Å². The number of hydrogen-bond donors (Lipinski definition) is 2. The second kappa shape index (κ2) is 4.47. The minimum absolute atomic E-state index is 0.0810. The zero-order valence-corrected chi connectivity index (χ0v) is 8.83. The number of rotatable bonds is 3. The van der Waals surface area contributed by atoms with E-state index < -0.39 is 0 Å². The summed E-state index contributed by atoms with van der Waals surface area (Å²) in [5.41, 5.74) is 2.62. The van der Waals surface area contributed by atoms with Gasteiger partial charge in [0.25, 0.3) is 0 Å². The van der Waals surface area contributed by atoms with Gasteiger partial charge in [0.1, 0.15) is 12.4 Å². The van der Waals surface area contributed by atoms with Gasteiger partial charge in [-0.25, -0.2) is 9.28 Å². The Morgan fingerprint density at radius 2 is 2.31 bits per heavy atom. The Labute approximate surface area is 92.1 Å². The molecule has 0 unspecified atom stereocenters. The van der Waals surface area contributed by atoms with E-state index in [-0.39, 0.29) is 12.4 Å². The van der Waals surface area contributed by atoms with E-state index in [9.17, 15) is 4.39 Å². The van der Waals surface area contributed by atoms with Gasteiger partial charge in [-0.3, -0.25) is 5.26 Å². The first-order valence-electron chi connectivity index (χ1n) is 4.92. The van der Waals surface area contributed by atoms with Crippen LogP contribution in [0.25, 0.3) is 17.0 Å². The number of fused-ring (bicyclic) bond motifs is 1. The van der Waals surface area contributed by atoms with Gasteiger partial charge in [0.05, 0.1) is 5.52 Å². The zero-order valence-electron chi connectivity index (χ0n) is 8.83. The molecule has 0 aliphatic rings. The second-order valence-electron chi connectivity index (χ2n) is 3.59. The lowest BCUT2D eigenvalue weighted by molar-refractivity contribution is -0.231. The van der Waals surface area contributed by atoms with Crippen molar-refractivity contribution in [1.29, 1.82) is 0 Å². The van der Waals surface area contributed by atoms with E-state index in [2.05, 4.69) is 9.87 Å². The summed E-state index contributed by atoms with van der Waals surface area (Å²) in [5, 5.41) is 9.05. The van der Waals surface area contributed by atoms with Gasteiger partial charge in [-0.05, 0) is 24.6 Å². The van der Waals surface area contributed by atoms with Crippen LogP contribution in [0, 0.1) is 12.7 Å². The van der Waals surface area contributed by atoms with Gasteiger partial charge in [0, 0.05) is 17.1 Å². The van der Waals surface area contributed by atoms with Crippen LogP contribution in [0.4, 0.5) is 4.39 Å². The number of benzene rings is 1. The monoisotopic (exact) mass is 221 g/mol. The van der Waals surface area contributed by atoms with Gasteiger partial charge in [-0.1, -0.05) is 12.2 Å². The largest absolute Gasteiger partial charge is 0.360 e. The third-order valence-corrected chi connectivity index (χ3v) is 2.46. The molecule has 3 nitrogen and oxygen atoms in total. The molecule has 84 valence electrons. The summed E-state index contributed by atoms with van der Waals surface area (Å²) in [4.78, 5) is 7.01. The van der Waals surface area contributed by atoms with Crippen molar-refractivity contribution in [2.45, 2.75) is 6.92 Å². The van der Waals surface area contributed by atoms with E-state index in [0.29, 0.717) is 0 Å². The maximum atomic E-state index is 13.3. The van der Waals surface area contributed by atoms with Crippen molar-refractivity contribution >= 4 is 17.0 Å². The first-order chi connectivity index (χ1) is 7.72. The molecule has 2 rings (SSSR count). The Morgan fingerprint density at radius 1 is 1.50 bits per heavy atom. The first-order valence-corrected chi connectivity index (χ1v) is 4.92. The zero-order chi connectivity index (χ0) is 11.5. The standard InChI is InChI=1S/C12H12FNO2/c1-8-7-14-12-9(3-2-4-16-15)5-10(13)6-11(8)12/h2-3,5-7,14-15H,4H2,1H3/b3-2+. The molecule has 0 atom stereocenters. The van der Waals surface area contributed by atoms with Crippen LogP contribution in [-0.4, -0.2) is 16.8 Å². The number of halogens is 1. The van der Waals surface area contributed by atoms with Gasteiger partial charge in [0.15, 0.2) is 0 Å². The molecule has 0 radical (unpaired) electrons. The SMILES string of the molecule is Cc1c[nH]c2c(/C=C/COO)cc(F)cc12. The van der Waals surface area contributed by atoms with Crippen LogP contribution in [0.1, 0.15) is 11.1 Å². The highest BCUT2D eigenvalue weighted by atomic mass is 19.1. The minimum Gasteiger partial charge on any atom is -0.360 e. The molecule has 0 amide bonds. The Bertz CT molecular complexity index is 531. The summed E-state index contributed by atoms with van der Waals surface area (Å²) >= 11 is 0. The van der Waals surface area contributed by atoms with Crippen LogP contribution in [0.5, 0.6) is 0 Å². The van der Waals surface area contributed by atoms with Crippen LogP contribution in [0.2, 0.25) is 0 Å². The molecule has 0 aliphatic carbocycles. The lowest BCUT2D eigenvalue weighted by Gasteiger charge is -1.99. The highest BCUT2D eigenvalue weighted by Crippen LogP contribution is 2.23. The molecule has 0 saturated heterocycles. The fourth-order valence-corrected chi connectivity index (χ4v) is 1.71. The van der Waals surface area contributed by atoms with E-state index >= 15 is 0 Å². The van der Waals surface area contributed by atoms with E-state index in [1.807, 2.05) is 13.1 Å². The number of hydrogen-bond acceptors (Lipinski definition) is 2. The average molecular weight is 221 g/mol. The van der Waals surface area contributed by atoms with Gasteiger partial charge in [-0.15, -0.1) is 0 Å². The van der Waals surface area contributed by atoms with Crippen LogP contribution in [0.3, 0.4) is 0 Å². The van der Waals surface area contributed by atoms with Crippen LogP contribution < -0.4 is 0 Å². The lowest BCUT2D eigenvalue weighted by atomic mass is 10.1. The molecule has 2 aromatic rings. The predicted octanol–water partition coefficient (Wildman–Crippen LogP) is 3.12. The molecule has 0 saturated carbocycles. The highest BCUT2D eigenvalue weighted by Gasteiger charge is 2.05. The van der Waals surface area contributed by atoms with Crippen molar-refractivity contribution in [2.24, 2.45) is 0 Å². The smallest absolute Gasteiger partial charge is 0.124 e. The van der Waals surface area contributed by atoms with Crippen LogP contribution in [-0.2, 0) is 4.89 Å². The highest BCUT2D eigenvalue weighted by molar-refractivity contribution is 5.90. The normalized spacial score (nSPS) is 11.7. The first kappa shape index (κ1) is 10.9. The summed E-state index contributed by atoms with van der Waals surface area (Å²) in [6.45, 7) is 2.00. The van der Waals surface area contributed by atoms with Gasteiger partial charge < -0.3 is 4.98 Å². The maximum absolute atomic E-state index is 13.3. The summed E-state index contributed by atoms with van der Waals surface area (Å²) < 4.78 is 13.3. The third-order valence-electron chi connectivity index (χ3n) is 2.46. The lowest BCUT2D eigenvalue weighted by Crippen LogP contribution is -1.84. The molecule has 0 spiro atoms. The molecule has 4 heteroatoms. The molecular weight excluding hydrogens is 209 g/mol. The van der Waals surface area contributed by atoms with Crippen molar-refractivity contribution < 1.29 is 14.5 Å². The van der Waals surface area contributed by atoms with Gasteiger partial charge >= 0.3 is 0 Å². The molecule has 1 aromatic carbocycles. The Hall–Kier alpha value is -1.65. The molecular formula is C12H12FNO2. The average Bonchev–Trinajstić information content (AvgIpc) is 2.61. The number of aryl methyl sites for hydroxylation is 1. The van der Waals surface area contributed by atoms with E-state index in [1.54, 1.807) is 12.2 Å². The molecule has 0 aliphatic heterocycles. The minimum atomic E-state index is -0.278. The van der Waals surface area contributed by atoms with Crippen molar-refractivity contribution in [3.05, 3.63) is 41.3 Å².